The van der Waals surface area contributed by atoms with Gasteiger partial charge in [-0.3, -0.25) is 14.3 Å². The summed E-state index contributed by atoms with van der Waals surface area (Å²) in [6, 6.07) is 8.00. The van der Waals surface area contributed by atoms with E-state index in [9.17, 15) is 27.2 Å². The molecule has 0 fully saturated rings. The highest BCUT2D eigenvalue weighted by Crippen LogP contribution is 2.37. The van der Waals surface area contributed by atoms with Crippen LogP contribution in [0.5, 0.6) is 0 Å². The number of amides is 2. The molecule has 3 N–H and O–H groups in total. The SMILES string of the molecule is Cc1c(NC(=O)c2cc(C(N)=O)nc3cc(F)c(Cl)cc23)c(C(F)(F)F)nn1Cc1ccc(C#N)s1. The lowest BCUT2D eigenvalue weighted by molar-refractivity contribution is -0.140. The molecular formula is C22H13ClF4N6O2S. The van der Waals surface area contributed by atoms with Crippen molar-refractivity contribution in [2.45, 2.75) is 19.6 Å². The second-order valence-corrected chi connectivity index (χ2v) is 9.07. The van der Waals surface area contributed by atoms with E-state index < -0.39 is 40.9 Å². The summed E-state index contributed by atoms with van der Waals surface area (Å²) < 4.78 is 56.5. The molecule has 2 amide bonds. The maximum absolute atomic E-state index is 14.0. The molecule has 3 aromatic heterocycles. The number of carbonyl (C=O) groups is 2. The lowest BCUT2D eigenvalue weighted by Crippen LogP contribution is -2.19. The van der Waals surface area contributed by atoms with Crippen LogP contribution in [-0.2, 0) is 12.7 Å². The van der Waals surface area contributed by atoms with Gasteiger partial charge in [-0.2, -0.15) is 23.5 Å². The first-order chi connectivity index (χ1) is 16.9. The largest absolute Gasteiger partial charge is 0.437 e. The quantitative estimate of drug-likeness (QED) is 0.351. The summed E-state index contributed by atoms with van der Waals surface area (Å²) in [5, 5.41) is 14.4. The number of hydrogen-bond acceptors (Lipinski definition) is 6. The molecule has 0 aliphatic carbocycles. The number of rotatable bonds is 5. The van der Waals surface area contributed by atoms with Crippen LogP contribution in [0, 0.1) is 24.1 Å². The zero-order valence-electron chi connectivity index (χ0n) is 18.1. The molecular weight excluding hydrogens is 524 g/mol. The van der Waals surface area contributed by atoms with Crippen molar-refractivity contribution < 1.29 is 27.2 Å². The van der Waals surface area contributed by atoms with Crippen LogP contribution in [0.25, 0.3) is 10.9 Å². The van der Waals surface area contributed by atoms with E-state index >= 15 is 0 Å². The second-order valence-electron chi connectivity index (χ2n) is 7.50. The molecule has 4 aromatic rings. The molecule has 0 unspecified atom stereocenters. The average molecular weight is 537 g/mol. The van der Waals surface area contributed by atoms with Gasteiger partial charge in [0.1, 0.15) is 22.5 Å². The Hall–Kier alpha value is -4.02. The first-order valence-corrected chi connectivity index (χ1v) is 11.1. The number of nitrogens with two attached hydrogens (primary N) is 1. The first-order valence-electron chi connectivity index (χ1n) is 9.93. The van der Waals surface area contributed by atoms with Crippen molar-refractivity contribution in [2.75, 3.05) is 5.32 Å². The number of nitrogens with one attached hydrogen (secondary N) is 1. The van der Waals surface area contributed by atoms with Gasteiger partial charge >= 0.3 is 6.18 Å². The van der Waals surface area contributed by atoms with Crippen LogP contribution in [0.4, 0.5) is 23.2 Å². The Bertz CT molecular complexity index is 1590. The summed E-state index contributed by atoms with van der Waals surface area (Å²) in [6.07, 6.45) is -4.92. The van der Waals surface area contributed by atoms with Crippen molar-refractivity contribution in [3.8, 4) is 6.07 Å². The van der Waals surface area contributed by atoms with Gasteiger partial charge in [0.2, 0.25) is 0 Å². The number of aromatic nitrogens is 3. The molecule has 0 saturated carbocycles. The number of nitrogens with zero attached hydrogens (tertiary/aromatic N) is 4. The van der Waals surface area contributed by atoms with E-state index in [0.29, 0.717) is 9.75 Å². The van der Waals surface area contributed by atoms with Gasteiger partial charge in [0.05, 0.1) is 34.0 Å². The number of primary amides is 1. The fourth-order valence-electron chi connectivity index (χ4n) is 3.43. The Morgan fingerprint density at radius 1 is 1.28 bits per heavy atom. The number of pyridine rings is 1. The summed E-state index contributed by atoms with van der Waals surface area (Å²) in [5.41, 5.74) is 2.44. The third-order valence-corrected chi connectivity index (χ3v) is 6.40. The Labute approximate surface area is 208 Å². The van der Waals surface area contributed by atoms with Crippen LogP contribution in [0.3, 0.4) is 0 Å². The molecule has 0 atom stereocenters. The van der Waals surface area contributed by atoms with E-state index in [-0.39, 0.29) is 33.7 Å². The number of carbonyl (C=O) groups excluding carboxylic acids is 2. The molecule has 8 nitrogen and oxygen atoms in total. The number of anilines is 1. The molecule has 1 aromatic carbocycles. The number of fused-ring (bicyclic) bond motifs is 1. The summed E-state index contributed by atoms with van der Waals surface area (Å²) in [7, 11) is 0. The first kappa shape index (κ1) is 25.1. The van der Waals surface area contributed by atoms with Crippen LogP contribution in [0.15, 0.2) is 30.3 Å². The van der Waals surface area contributed by atoms with Gasteiger partial charge < -0.3 is 11.1 Å². The van der Waals surface area contributed by atoms with Crippen LogP contribution >= 0.6 is 22.9 Å². The number of hydrogen-bond donors (Lipinski definition) is 2. The highest BCUT2D eigenvalue weighted by Gasteiger charge is 2.39. The molecule has 3 heterocycles. The minimum Gasteiger partial charge on any atom is -0.364 e. The predicted molar refractivity (Wildman–Crippen MR) is 123 cm³/mol. The van der Waals surface area contributed by atoms with E-state index in [1.165, 1.54) is 13.0 Å². The standard InChI is InChI=1S/C22H13ClF4N6O2S/c1-9-18(19(22(25,26)27)32-33(9)8-11-3-2-10(7-28)36-11)31-21(35)13-5-17(20(29)34)30-16-6-15(24)14(23)4-12(13)16/h2-6H,8H2,1H3,(H2,29,34)(H,31,35). The highest BCUT2D eigenvalue weighted by atomic mass is 35.5. The third kappa shape index (κ3) is 4.73. The zero-order valence-corrected chi connectivity index (χ0v) is 19.6. The van der Waals surface area contributed by atoms with Crippen molar-refractivity contribution in [1.29, 1.82) is 5.26 Å². The van der Waals surface area contributed by atoms with Crippen LogP contribution < -0.4 is 11.1 Å². The Balaban J connectivity index is 1.80. The van der Waals surface area contributed by atoms with E-state index in [1.807, 2.05) is 6.07 Å². The summed E-state index contributed by atoms with van der Waals surface area (Å²) in [5.74, 6) is -2.97. The zero-order chi connectivity index (χ0) is 26.4. The Morgan fingerprint density at radius 2 is 2.00 bits per heavy atom. The lowest BCUT2D eigenvalue weighted by Gasteiger charge is -2.12. The number of halogens is 5. The van der Waals surface area contributed by atoms with Crippen LogP contribution in [-0.4, -0.2) is 26.6 Å². The molecule has 0 bridgehead atoms. The maximum atomic E-state index is 14.0. The molecule has 14 heteroatoms. The molecule has 0 radical (unpaired) electrons. The minimum absolute atomic E-state index is 0.00915. The molecule has 0 aliphatic rings. The molecule has 0 aliphatic heterocycles. The summed E-state index contributed by atoms with van der Waals surface area (Å²) in [6.45, 7) is 1.26. The summed E-state index contributed by atoms with van der Waals surface area (Å²) >= 11 is 6.92. The topological polar surface area (TPSA) is 127 Å². The van der Waals surface area contributed by atoms with Gasteiger partial charge in [0.25, 0.3) is 11.8 Å². The monoisotopic (exact) mass is 536 g/mol. The molecule has 0 saturated heterocycles. The predicted octanol–water partition coefficient (Wildman–Crippen LogP) is 4.88. The van der Waals surface area contributed by atoms with Crippen molar-refractivity contribution in [1.82, 2.24) is 14.8 Å². The van der Waals surface area contributed by atoms with Gasteiger partial charge in [-0.15, -0.1) is 11.3 Å². The minimum atomic E-state index is -4.92. The smallest absolute Gasteiger partial charge is 0.364 e. The van der Waals surface area contributed by atoms with Gasteiger partial charge in [0, 0.05) is 16.3 Å². The van der Waals surface area contributed by atoms with E-state index in [0.717, 1.165) is 34.2 Å². The van der Waals surface area contributed by atoms with Crippen molar-refractivity contribution >= 4 is 51.3 Å². The Kier molecular flexibility index (Phi) is 6.42. The van der Waals surface area contributed by atoms with E-state index in [4.69, 9.17) is 22.6 Å². The third-order valence-electron chi connectivity index (χ3n) is 5.14. The summed E-state index contributed by atoms with van der Waals surface area (Å²) in [4.78, 5) is 29.7. The maximum Gasteiger partial charge on any atom is 0.437 e. The Morgan fingerprint density at radius 3 is 2.61 bits per heavy atom. The van der Waals surface area contributed by atoms with Crippen molar-refractivity contribution in [2.24, 2.45) is 5.73 Å². The highest BCUT2D eigenvalue weighted by molar-refractivity contribution is 7.12. The number of alkyl halides is 3. The molecule has 36 heavy (non-hydrogen) atoms. The normalized spacial score (nSPS) is 11.5. The van der Waals surface area contributed by atoms with E-state index in [2.05, 4.69) is 15.4 Å². The van der Waals surface area contributed by atoms with E-state index in [1.54, 1.807) is 6.07 Å². The van der Waals surface area contributed by atoms with Gasteiger partial charge in [-0.25, -0.2) is 9.37 Å². The molecule has 0 spiro atoms. The number of benzene rings is 1. The van der Waals surface area contributed by atoms with Gasteiger partial charge in [-0.05, 0) is 31.2 Å². The van der Waals surface area contributed by atoms with Crippen LogP contribution in [0.2, 0.25) is 5.02 Å². The van der Waals surface area contributed by atoms with Crippen molar-refractivity contribution in [3.05, 3.63) is 73.6 Å². The average Bonchev–Trinajstić information content (AvgIpc) is 3.38. The fourth-order valence-corrected chi connectivity index (χ4v) is 4.39. The van der Waals surface area contributed by atoms with Crippen LogP contribution in [0.1, 0.15) is 42.0 Å². The molecule has 184 valence electrons. The lowest BCUT2D eigenvalue weighted by atomic mass is 10.1. The number of thiophene rings is 1. The van der Waals surface area contributed by atoms with Gasteiger partial charge in [0.15, 0.2) is 5.69 Å². The van der Waals surface area contributed by atoms with Crippen molar-refractivity contribution in [3.63, 3.8) is 0 Å². The second kappa shape index (κ2) is 9.21. The molecule has 4 rings (SSSR count). The van der Waals surface area contributed by atoms with Gasteiger partial charge in [-0.1, -0.05) is 11.6 Å². The fraction of sp³-hybridized carbons (Fsp3) is 0.136. The number of nitriles is 1.